The minimum Gasteiger partial charge on any atom is -0.503 e. The van der Waals surface area contributed by atoms with Crippen LogP contribution in [0.2, 0.25) is 0 Å². The number of phenolic OH excluding ortho intramolecular Hbond substituents is 1. The number of carbonyl (C=O) groups excluding carboxylic acids is 1. The van der Waals surface area contributed by atoms with Crippen molar-refractivity contribution in [3.05, 3.63) is 65.2 Å². The lowest BCUT2D eigenvalue weighted by Gasteiger charge is -2.28. The molecule has 23 heavy (non-hydrogen) atoms. The second-order valence-corrected chi connectivity index (χ2v) is 5.14. The number of halogens is 2. The Balaban J connectivity index is 2.33. The minimum atomic E-state index is -1.19. The maximum atomic E-state index is 13.4. The highest BCUT2D eigenvalue weighted by Crippen LogP contribution is 2.27. The quantitative estimate of drug-likeness (QED) is 0.890. The minimum absolute atomic E-state index is 0.143. The number of nitrogens with zero attached hydrogens (tertiary/aromatic N) is 1. The smallest absolute Gasteiger partial charge is 0.254 e. The van der Waals surface area contributed by atoms with E-state index in [9.17, 15) is 18.7 Å². The molecule has 2 rings (SSSR count). The van der Waals surface area contributed by atoms with Crippen molar-refractivity contribution >= 4 is 5.91 Å². The van der Waals surface area contributed by atoms with Gasteiger partial charge in [-0.1, -0.05) is 30.3 Å². The molecular weight excluding hydrogens is 304 g/mol. The molecule has 122 valence electrons. The van der Waals surface area contributed by atoms with Crippen LogP contribution in [0.15, 0.2) is 42.5 Å². The molecule has 2 aromatic rings. The van der Waals surface area contributed by atoms with Crippen LogP contribution in [0.3, 0.4) is 0 Å². The summed E-state index contributed by atoms with van der Waals surface area (Å²) in [4.78, 5) is 13.8. The third-order valence-corrected chi connectivity index (χ3v) is 3.64. The lowest BCUT2D eigenvalue weighted by atomic mass is 10.0. The second kappa shape index (κ2) is 7.19. The number of hydrogen-bond acceptors (Lipinski definition) is 3. The van der Waals surface area contributed by atoms with Gasteiger partial charge in [-0.05, 0) is 24.1 Å². The molecule has 0 bridgehead atoms. The van der Waals surface area contributed by atoms with Crippen molar-refractivity contribution in [2.24, 2.45) is 0 Å². The van der Waals surface area contributed by atoms with Gasteiger partial charge in [0, 0.05) is 19.2 Å². The summed E-state index contributed by atoms with van der Waals surface area (Å²) < 4.78 is 26.9. The van der Waals surface area contributed by atoms with E-state index in [-0.39, 0.29) is 18.6 Å². The Morgan fingerprint density at radius 3 is 2.26 bits per heavy atom. The van der Waals surface area contributed by atoms with Crippen LogP contribution in [-0.4, -0.2) is 34.7 Å². The molecule has 4 nitrogen and oxygen atoms in total. The Morgan fingerprint density at radius 2 is 1.74 bits per heavy atom. The van der Waals surface area contributed by atoms with Crippen LogP contribution >= 0.6 is 0 Å². The van der Waals surface area contributed by atoms with Crippen LogP contribution in [0.5, 0.6) is 5.75 Å². The highest BCUT2D eigenvalue weighted by molar-refractivity contribution is 5.94. The molecule has 1 atom stereocenters. The molecule has 6 heteroatoms. The number of hydrogen-bond donors (Lipinski definition) is 2. The van der Waals surface area contributed by atoms with Crippen molar-refractivity contribution in [2.75, 3.05) is 13.7 Å². The second-order valence-electron chi connectivity index (χ2n) is 5.14. The van der Waals surface area contributed by atoms with Crippen LogP contribution in [0.25, 0.3) is 0 Å². The molecule has 0 saturated heterocycles. The van der Waals surface area contributed by atoms with Gasteiger partial charge in [-0.25, -0.2) is 8.78 Å². The first-order valence-electron chi connectivity index (χ1n) is 7.06. The molecule has 0 aliphatic heterocycles. The summed E-state index contributed by atoms with van der Waals surface area (Å²) in [7, 11) is 1.50. The van der Waals surface area contributed by atoms with Gasteiger partial charge in [0.1, 0.15) is 0 Å². The summed E-state index contributed by atoms with van der Waals surface area (Å²) in [5.41, 5.74) is 0.594. The average molecular weight is 321 g/mol. The van der Waals surface area contributed by atoms with Crippen molar-refractivity contribution in [1.29, 1.82) is 0 Å². The fraction of sp³-hybridized carbons (Fsp3) is 0.235. The number of aliphatic hydroxyl groups is 1. The molecule has 0 aliphatic carbocycles. The van der Waals surface area contributed by atoms with E-state index in [1.165, 1.54) is 11.9 Å². The monoisotopic (exact) mass is 321 g/mol. The van der Waals surface area contributed by atoms with Crippen LogP contribution in [0.4, 0.5) is 8.78 Å². The van der Waals surface area contributed by atoms with E-state index in [1.807, 2.05) is 18.2 Å². The summed E-state index contributed by atoms with van der Waals surface area (Å²) >= 11 is 0. The van der Waals surface area contributed by atoms with Crippen LogP contribution in [0.1, 0.15) is 28.4 Å². The first-order valence-corrected chi connectivity index (χ1v) is 7.06. The fourth-order valence-corrected chi connectivity index (χ4v) is 2.42. The molecule has 1 amide bonds. The fourth-order valence-electron chi connectivity index (χ4n) is 2.42. The zero-order valence-corrected chi connectivity index (χ0v) is 12.5. The molecule has 0 aromatic heterocycles. The van der Waals surface area contributed by atoms with Crippen LogP contribution < -0.4 is 0 Å². The van der Waals surface area contributed by atoms with Crippen LogP contribution in [0, 0.1) is 11.6 Å². The third kappa shape index (κ3) is 3.65. The molecule has 2 N–H and O–H groups in total. The maximum Gasteiger partial charge on any atom is 0.254 e. The van der Waals surface area contributed by atoms with E-state index in [4.69, 9.17) is 5.11 Å². The Morgan fingerprint density at radius 1 is 1.17 bits per heavy atom. The summed E-state index contributed by atoms with van der Waals surface area (Å²) in [5.74, 6) is -4.11. The Hall–Kier alpha value is -2.47. The van der Waals surface area contributed by atoms with Gasteiger partial charge in [0.05, 0.1) is 6.04 Å². The summed E-state index contributed by atoms with van der Waals surface area (Å²) in [5, 5.41) is 18.3. The normalized spacial score (nSPS) is 12.0. The summed E-state index contributed by atoms with van der Waals surface area (Å²) in [6, 6.07) is 10.2. The zero-order chi connectivity index (χ0) is 17.0. The Bertz CT molecular complexity index is 668. The van der Waals surface area contributed by atoms with E-state index < -0.39 is 29.3 Å². The molecule has 0 radical (unpaired) electrons. The summed E-state index contributed by atoms with van der Waals surface area (Å²) in [6.07, 6.45) is 0.287. The SMILES string of the molecule is CN(C(=O)c1cc(F)c(O)c(F)c1)[C@H](CCO)c1ccccc1. The Labute approximate surface area is 132 Å². The number of carbonyl (C=O) groups is 1. The van der Waals surface area contributed by atoms with Gasteiger partial charge in [-0.3, -0.25) is 4.79 Å². The van der Waals surface area contributed by atoms with Gasteiger partial charge >= 0.3 is 0 Å². The number of aromatic hydroxyl groups is 1. The number of amides is 1. The van der Waals surface area contributed by atoms with Gasteiger partial charge in [0.15, 0.2) is 17.4 Å². The highest BCUT2D eigenvalue weighted by Gasteiger charge is 2.24. The molecule has 0 saturated carbocycles. The van der Waals surface area contributed by atoms with Gasteiger partial charge in [-0.2, -0.15) is 0 Å². The van der Waals surface area contributed by atoms with Gasteiger partial charge in [0.2, 0.25) is 0 Å². The van der Waals surface area contributed by atoms with Gasteiger partial charge in [-0.15, -0.1) is 0 Å². The predicted octanol–water partition coefficient (Wildman–Crippen LogP) is 2.87. The van der Waals surface area contributed by atoms with Crippen molar-refractivity contribution in [2.45, 2.75) is 12.5 Å². The molecular formula is C17H17F2NO3. The predicted molar refractivity (Wildman–Crippen MR) is 81.0 cm³/mol. The van der Waals surface area contributed by atoms with Crippen molar-refractivity contribution in [3.63, 3.8) is 0 Å². The maximum absolute atomic E-state index is 13.4. The molecule has 0 heterocycles. The van der Waals surface area contributed by atoms with E-state index in [2.05, 4.69) is 0 Å². The van der Waals surface area contributed by atoms with Gasteiger partial charge in [0.25, 0.3) is 5.91 Å². The lowest BCUT2D eigenvalue weighted by molar-refractivity contribution is 0.0704. The van der Waals surface area contributed by atoms with E-state index >= 15 is 0 Å². The van der Waals surface area contributed by atoms with E-state index in [0.717, 1.165) is 17.7 Å². The summed E-state index contributed by atoms with van der Waals surface area (Å²) in [6.45, 7) is -0.143. The molecule has 0 spiro atoms. The topological polar surface area (TPSA) is 60.8 Å². The van der Waals surface area contributed by atoms with Crippen LogP contribution in [-0.2, 0) is 0 Å². The average Bonchev–Trinajstić information content (AvgIpc) is 2.56. The van der Waals surface area contributed by atoms with Gasteiger partial charge < -0.3 is 15.1 Å². The Kier molecular flexibility index (Phi) is 5.28. The zero-order valence-electron chi connectivity index (χ0n) is 12.5. The lowest BCUT2D eigenvalue weighted by Crippen LogP contribution is -2.32. The van der Waals surface area contributed by atoms with E-state index in [0.29, 0.717) is 0 Å². The molecule has 2 aromatic carbocycles. The standard InChI is InChI=1S/C17H17F2NO3/c1-20(15(7-8-21)11-5-3-2-4-6-11)17(23)12-9-13(18)16(22)14(19)10-12/h2-6,9-10,15,21-22H,7-8H2,1H3/t15-/m1/s1. The molecule has 0 unspecified atom stereocenters. The molecule has 0 aliphatic rings. The third-order valence-electron chi connectivity index (χ3n) is 3.64. The number of aliphatic hydroxyl groups excluding tert-OH is 1. The van der Waals surface area contributed by atoms with E-state index in [1.54, 1.807) is 12.1 Å². The largest absolute Gasteiger partial charge is 0.503 e. The highest BCUT2D eigenvalue weighted by atomic mass is 19.1. The van der Waals surface area contributed by atoms with Crippen molar-refractivity contribution in [3.8, 4) is 5.75 Å². The molecule has 0 fully saturated rings. The number of rotatable bonds is 5. The number of benzene rings is 2. The first kappa shape index (κ1) is 16.9. The van der Waals surface area contributed by atoms with Crippen molar-refractivity contribution < 1.29 is 23.8 Å². The van der Waals surface area contributed by atoms with Crippen molar-refractivity contribution in [1.82, 2.24) is 4.90 Å². The first-order chi connectivity index (χ1) is 11.0. The number of phenols is 1.